The highest BCUT2D eigenvalue weighted by Gasteiger charge is 2.22. The molecule has 2 nitrogen and oxygen atoms in total. The molecule has 2 atom stereocenters. The van der Waals surface area contributed by atoms with E-state index in [0.29, 0.717) is 13.0 Å². The molecule has 0 bridgehead atoms. The summed E-state index contributed by atoms with van der Waals surface area (Å²) in [6.07, 6.45) is -0.248. The van der Waals surface area contributed by atoms with Crippen molar-refractivity contribution in [2.45, 2.75) is 12.6 Å². The first-order chi connectivity index (χ1) is 4.34. The zero-order valence-electron chi connectivity index (χ0n) is 5.31. The van der Waals surface area contributed by atoms with Gasteiger partial charge in [0.15, 0.2) is 0 Å². The Morgan fingerprint density at radius 2 is 2.44 bits per heavy atom. The van der Waals surface area contributed by atoms with Crippen molar-refractivity contribution in [3.63, 3.8) is 0 Å². The standard InChI is InChI=1S/C6H12FNO/c7-6-1-2-8-3-5(6)4-9/h5-6,8-9H,1-4H2/t5-,6+/m0/s1. The Bertz CT molecular complexity index is 89.1. The van der Waals surface area contributed by atoms with Gasteiger partial charge in [0.2, 0.25) is 0 Å². The third-order valence-corrected chi connectivity index (χ3v) is 1.75. The molecule has 1 heterocycles. The molecule has 0 unspecified atom stereocenters. The van der Waals surface area contributed by atoms with E-state index in [4.69, 9.17) is 5.11 Å². The van der Waals surface area contributed by atoms with E-state index in [1.165, 1.54) is 0 Å². The molecular formula is C6H12FNO. The largest absolute Gasteiger partial charge is 0.396 e. The van der Waals surface area contributed by atoms with Gasteiger partial charge in [-0.25, -0.2) is 4.39 Å². The number of aliphatic hydroxyl groups excluding tert-OH is 1. The van der Waals surface area contributed by atoms with Crippen molar-refractivity contribution in [3.05, 3.63) is 0 Å². The van der Waals surface area contributed by atoms with Crippen LogP contribution in [0.2, 0.25) is 0 Å². The second kappa shape index (κ2) is 3.13. The van der Waals surface area contributed by atoms with Crippen molar-refractivity contribution < 1.29 is 9.50 Å². The highest BCUT2D eigenvalue weighted by molar-refractivity contribution is 4.76. The molecule has 0 saturated carbocycles. The highest BCUT2D eigenvalue weighted by Crippen LogP contribution is 2.13. The maximum absolute atomic E-state index is 12.6. The SMILES string of the molecule is OC[C@@H]1CNCC[C@H]1F. The van der Waals surface area contributed by atoms with Gasteiger partial charge in [0.05, 0.1) is 0 Å². The summed E-state index contributed by atoms with van der Waals surface area (Å²) in [6, 6.07) is 0. The number of nitrogens with one attached hydrogen (secondary N) is 1. The molecule has 0 radical (unpaired) electrons. The number of alkyl halides is 1. The summed E-state index contributed by atoms with van der Waals surface area (Å²) >= 11 is 0. The van der Waals surface area contributed by atoms with Crippen LogP contribution in [0.1, 0.15) is 6.42 Å². The summed E-state index contributed by atoms with van der Waals surface area (Å²) in [5.74, 6) is -0.168. The summed E-state index contributed by atoms with van der Waals surface area (Å²) in [6.45, 7) is 1.34. The van der Waals surface area contributed by atoms with Crippen LogP contribution < -0.4 is 5.32 Å². The Morgan fingerprint density at radius 3 is 2.89 bits per heavy atom. The fourth-order valence-electron chi connectivity index (χ4n) is 1.07. The number of hydrogen-bond donors (Lipinski definition) is 2. The smallest absolute Gasteiger partial charge is 0.108 e. The van der Waals surface area contributed by atoms with Gasteiger partial charge >= 0.3 is 0 Å². The number of rotatable bonds is 1. The van der Waals surface area contributed by atoms with E-state index in [0.717, 1.165) is 6.54 Å². The summed E-state index contributed by atoms with van der Waals surface area (Å²) in [5, 5.41) is 11.6. The number of hydrogen-bond acceptors (Lipinski definition) is 2. The summed E-state index contributed by atoms with van der Waals surface area (Å²) in [4.78, 5) is 0. The average molecular weight is 133 g/mol. The van der Waals surface area contributed by atoms with Crippen LogP contribution in [0.5, 0.6) is 0 Å². The van der Waals surface area contributed by atoms with Gasteiger partial charge in [0, 0.05) is 19.1 Å². The molecule has 1 fully saturated rings. The van der Waals surface area contributed by atoms with E-state index in [2.05, 4.69) is 5.32 Å². The predicted molar refractivity (Wildman–Crippen MR) is 33.0 cm³/mol. The normalized spacial score (nSPS) is 36.7. The quantitative estimate of drug-likeness (QED) is 0.524. The Morgan fingerprint density at radius 1 is 1.67 bits per heavy atom. The van der Waals surface area contributed by atoms with Crippen molar-refractivity contribution in [1.82, 2.24) is 5.32 Å². The minimum atomic E-state index is -0.795. The first-order valence-corrected chi connectivity index (χ1v) is 3.30. The van der Waals surface area contributed by atoms with Gasteiger partial charge in [-0.2, -0.15) is 0 Å². The lowest BCUT2D eigenvalue weighted by Gasteiger charge is -2.24. The van der Waals surface area contributed by atoms with Crippen molar-refractivity contribution in [1.29, 1.82) is 0 Å². The van der Waals surface area contributed by atoms with E-state index in [-0.39, 0.29) is 12.5 Å². The molecule has 2 N–H and O–H groups in total. The number of aliphatic hydroxyl groups is 1. The Balaban J connectivity index is 2.30. The van der Waals surface area contributed by atoms with Crippen LogP contribution in [0, 0.1) is 5.92 Å². The lowest BCUT2D eigenvalue weighted by Crippen LogP contribution is -2.39. The van der Waals surface area contributed by atoms with Crippen LogP contribution >= 0.6 is 0 Å². The Kier molecular flexibility index (Phi) is 2.42. The zero-order chi connectivity index (χ0) is 6.69. The fraction of sp³-hybridized carbons (Fsp3) is 1.00. The van der Waals surface area contributed by atoms with Gasteiger partial charge in [-0.05, 0) is 13.0 Å². The maximum Gasteiger partial charge on any atom is 0.108 e. The molecule has 0 aromatic carbocycles. The molecule has 0 aliphatic carbocycles. The van der Waals surface area contributed by atoms with E-state index < -0.39 is 6.17 Å². The van der Waals surface area contributed by atoms with Crippen molar-refractivity contribution >= 4 is 0 Å². The number of piperidine rings is 1. The third kappa shape index (κ3) is 1.63. The van der Waals surface area contributed by atoms with Crippen molar-refractivity contribution in [3.8, 4) is 0 Å². The van der Waals surface area contributed by atoms with Crippen LogP contribution in [-0.4, -0.2) is 31.0 Å². The molecular weight excluding hydrogens is 121 g/mol. The van der Waals surface area contributed by atoms with Crippen LogP contribution in [0.4, 0.5) is 4.39 Å². The highest BCUT2D eigenvalue weighted by atomic mass is 19.1. The zero-order valence-corrected chi connectivity index (χ0v) is 5.31. The van der Waals surface area contributed by atoms with Gasteiger partial charge < -0.3 is 10.4 Å². The molecule has 0 spiro atoms. The molecule has 54 valence electrons. The van der Waals surface area contributed by atoms with Gasteiger partial charge in [0.1, 0.15) is 6.17 Å². The van der Waals surface area contributed by atoms with Gasteiger partial charge in [-0.1, -0.05) is 0 Å². The topological polar surface area (TPSA) is 32.3 Å². The first kappa shape index (κ1) is 6.96. The van der Waals surface area contributed by atoms with E-state index >= 15 is 0 Å². The number of halogens is 1. The molecule has 1 aliphatic heterocycles. The minimum absolute atomic E-state index is 0.0336. The third-order valence-electron chi connectivity index (χ3n) is 1.75. The molecule has 1 rings (SSSR count). The molecule has 1 aliphatic rings. The summed E-state index contributed by atoms with van der Waals surface area (Å²) < 4.78 is 12.6. The van der Waals surface area contributed by atoms with Crippen molar-refractivity contribution in [2.24, 2.45) is 5.92 Å². The van der Waals surface area contributed by atoms with Crippen LogP contribution in [0.15, 0.2) is 0 Å². The second-order valence-electron chi connectivity index (χ2n) is 2.45. The minimum Gasteiger partial charge on any atom is -0.396 e. The monoisotopic (exact) mass is 133 g/mol. The maximum atomic E-state index is 12.6. The Labute approximate surface area is 54.1 Å². The molecule has 9 heavy (non-hydrogen) atoms. The second-order valence-corrected chi connectivity index (χ2v) is 2.45. The van der Waals surface area contributed by atoms with Crippen LogP contribution in [-0.2, 0) is 0 Å². The molecule has 0 aromatic heterocycles. The average Bonchev–Trinajstić information content (AvgIpc) is 1.89. The first-order valence-electron chi connectivity index (χ1n) is 3.30. The summed E-state index contributed by atoms with van der Waals surface area (Å²) in [5.41, 5.74) is 0. The Hall–Kier alpha value is -0.150. The predicted octanol–water partition coefficient (Wildman–Crippen LogP) is -0.0737. The lowest BCUT2D eigenvalue weighted by atomic mass is 9.99. The molecule has 0 aromatic rings. The molecule has 3 heteroatoms. The fourth-order valence-corrected chi connectivity index (χ4v) is 1.07. The van der Waals surface area contributed by atoms with Gasteiger partial charge in [-0.3, -0.25) is 0 Å². The lowest BCUT2D eigenvalue weighted by molar-refractivity contribution is 0.111. The van der Waals surface area contributed by atoms with E-state index in [1.54, 1.807) is 0 Å². The molecule has 0 amide bonds. The van der Waals surface area contributed by atoms with Crippen LogP contribution in [0.25, 0.3) is 0 Å². The van der Waals surface area contributed by atoms with E-state index in [1.807, 2.05) is 0 Å². The van der Waals surface area contributed by atoms with Gasteiger partial charge in [0.25, 0.3) is 0 Å². The van der Waals surface area contributed by atoms with E-state index in [9.17, 15) is 4.39 Å². The van der Waals surface area contributed by atoms with Crippen molar-refractivity contribution in [2.75, 3.05) is 19.7 Å². The summed E-state index contributed by atoms with van der Waals surface area (Å²) in [7, 11) is 0. The molecule has 1 saturated heterocycles. The van der Waals surface area contributed by atoms with Gasteiger partial charge in [-0.15, -0.1) is 0 Å². The van der Waals surface area contributed by atoms with Crippen LogP contribution in [0.3, 0.4) is 0 Å².